The number of rotatable bonds is 15. The van der Waals surface area contributed by atoms with Gasteiger partial charge in [-0.25, -0.2) is 0 Å². The molecule has 2 aromatic rings. The van der Waals surface area contributed by atoms with Gasteiger partial charge < -0.3 is 28.4 Å². The predicted molar refractivity (Wildman–Crippen MR) is 147 cm³/mol. The molecule has 0 heterocycles. The molecule has 0 aromatic heterocycles. The molecule has 4 atom stereocenters. The van der Waals surface area contributed by atoms with Crippen molar-refractivity contribution >= 4 is 49.9 Å². The number of halogens is 1. The topological polar surface area (TPSA) is 72.5 Å². The van der Waals surface area contributed by atoms with E-state index in [-0.39, 0.29) is 33.0 Å². The molecule has 0 aliphatic carbocycles. The molecule has 0 bridgehead atoms. The van der Waals surface area contributed by atoms with E-state index in [1.54, 1.807) is 39.0 Å². The third kappa shape index (κ3) is 9.87. The fourth-order valence-corrected chi connectivity index (χ4v) is 4.97. The van der Waals surface area contributed by atoms with Gasteiger partial charge in [0, 0.05) is 37.5 Å². The van der Waals surface area contributed by atoms with Gasteiger partial charge in [-0.1, -0.05) is 23.7 Å². The zero-order valence-electron chi connectivity index (χ0n) is 21.5. The summed E-state index contributed by atoms with van der Waals surface area (Å²) in [5.74, 6) is 1.31. The molecule has 0 saturated carbocycles. The Morgan fingerprint density at radius 3 is 1.78 bits per heavy atom. The number of aryl methyl sites for hydroxylation is 1. The summed E-state index contributed by atoms with van der Waals surface area (Å²) in [4.78, 5) is 13.4. The summed E-state index contributed by atoms with van der Waals surface area (Å²) >= 11 is 6.38. The van der Waals surface area contributed by atoms with Crippen LogP contribution in [0.5, 0.6) is 17.2 Å². The van der Waals surface area contributed by atoms with Crippen LogP contribution in [0.1, 0.15) is 57.5 Å². The van der Waals surface area contributed by atoms with Gasteiger partial charge in [-0.2, -0.15) is 0 Å². The maximum atomic E-state index is 13.4. The Labute approximate surface area is 233 Å². The van der Waals surface area contributed by atoms with Crippen molar-refractivity contribution in [2.45, 2.75) is 67.3 Å². The monoisotopic (exact) mass is 534 g/mol. The first-order chi connectivity index (χ1) is 16.7. The summed E-state index contributed by atoms with van der Waals surface area (Å²) in [6, 6.07) is 8.83. The summed E-state index contributed by atoms with van der Waals surface area (Å²) in [5.41, 5.74) is 1.15. The Morgan fingerprint density at radius 2 is 1.33 bits per heavy atom. The maximum absolute atomic E-state index is 13.4. The van der Waals surface area contributed by atoms with E-state index in [1.165, 1.54) is 0 Å². The molecule has 196 valence electrons. The van der Waals surface area contributed by atoms with Crippen molar-refractivity contribution in [1.29, 1.82) is 0 Å². The van der Waals surface area contributed by atoms with Crippen molar-refractivity contribution < 1.29 is 33.2 Å². The molecule has 0 fully saturated rings. The fourth-order valence-electron chi connectivity index (χ4n) is 3.39. The minimum absolute atomic E-state index is 0. The predicted octanol–water partition coefficient (Wildman–Crippen LogP) is 5.43. The number of benzene rings is 2. The van der Waals surface area contributed by atoms with Crippen LogP contribution in [0.3, 0.4) is 0 Å². The van der Waals surface area contributed by atoms with E-state index in [0.717, 1.165) is 5.56 Å². The van der Waals surface area contributed by atoms with Crippen LogP contribution in [-0.4, -0.2) is 63.1 Å². The standard InChI is InChI=1S/C26H36ClO7P.Li.H/c1-8-29-17(5)32-20-14-22(33-18(6)30-9-2)25(23(15-20)34-19(7)31-10-3)35-26(28)24-16(4)12-11-13-21(24)27;;/h11-15,17-19,35H,8-10H2,1-7H3;;. The van der Waals surface area contributed by atoms with Gasteiger partial charge in [0.2, 0.25) is 0 Å². The van der Waals surface area contributed by atoms with E-state index in [0.29, 0.717) is 53.0 Å². The van der Waals surface area contributed by atoms with Gasteiger partial charge in [-0.05, 0) is 68.7 Å². The number of hydrogen-bond acceptors (Lipinski definition) is 7. The fraction of sp³-hybridized carbons (Fsp3) is 0.500. The average molecular weight is 535 g/mol. The van der Waals surface area contributed by atoms with E-state index in [9.17, 15) is 4.79 Å². The molecule has 0 radical (unpaired) electrons. The van der Waals surface area contributed by atoms with E-state index >= 15 is 0 Å². The quantitative estimate of drug-likeness (QED) is 0.171. The summed E-state index contributed by atoms with van der Waals surface area (Å²) in [5, 5.41) is 0.979. The first-order valence-electron chi connectivity index (χ1n) is 11.8. The number of carbonyl (C=O) groups excluding carboxylic acids is 1. The second-order valence-corrected chi connectivity index (χ2v) is 9.21. The van der Waals surface area contributed by atoms with Gasteiger partial charge in [0.25, 0.3) is 0 Å². The van der Waals surface area contributed by atoms with E-state index in [4.69, 9.17) is 40.0 Å². The third-order valence-electron chi connectivity index (χ3n) is 4.82. The average Bonchev–Trinajstić information content (AvgIpc) is 2.76. The summed E-state index contributed by atoms with van der Waals surface area (Å²) in [6.07, 6.45) is -1.61. The van der Waals surface area contributed by atoms with Crippen molar-refractivity contribution in [2.75, 3.05) is 19.8 Å². The van der Waals surface area contributed by atoms with Crippen LogP contribution >= 0.6 is 20.2 Å². The molecule has 4 unspecified atom stereocenters. The zero-order valence-corrected chi connectivity index (χ0v) is 23.2. The number of hydrogen-bond donors (Lipinski definition) is 0. The van der Waals surface area contributed by atoms with Crippen LogP contribution in [-0.2, 0) is 14.2 Å². The molecule has 2 aromatic carbocycles. The van der Waals surface area contributed by atoms with Crippen molar-refractivity contribution in [1.82, 2.24) is 0 Å². The van der Waals surface area contributed by atoms with Crippen LogP contribution in [0.25, 0.3) is 0 Å². The van der Waals surface area contributed by atoms with Gasteiger partial charge in [0.1, 0.15) is 17.2 Å². The first kappa shape index (κ1) is 32.7. The SMILES string of the molecule is CCOC(C)Oc1cc(OC(C)OCC)c(PC(=O)c2c(C)cccc2Cl)c(OC(C)OCC)c1.[LiH]. The van der Waals surface area contributed by atoms with Crippen molar-refractivity contribution in [3.8, 4) is 17.2 Å². The molecule has 0 saturated heterocycles. The van der Waals surface area contributed by atoms with Gasteiger partial charge in [-0.3, -0.25) is 4.79 Å². The summed E-state index contributed by atoms with van der Waals surface area (Å²) < 4.78 is 34.9. The van der Waals surface area contributed by atoms with Gasteiger partial charge >= 0.3 is 18.9 Å². The molecule has 36 heavy (non-hydrogen) atoms. The van der Waals surface area contributed by atoms with Crippen LogP contribution in [0.15, 0.2) is 30.3 Å². The molecule has 10 heteroatoms. The zero-order chi connectivity index (χ0) is 26.0. The minimum atomic E-state index is -0.558. The van der Waals surface area contributed by atoms with Gasteiger partial charge in [-0.15, -0.1) is 0 Å². The Morgan fingerprint density at radius 1 is 0.861 bits per heavy atom. The van der Waals surface area contributed by atoms with Crippen LogP contribution in [0, 0.1) is 6.92 Å². The van der Waals surface area contributed by atoms with Gasteiger partial charge in [0.05, 0.1) is 10.3 Å². The van der Waals surface area contributed by atoms with Crippen LogP contribution < -0.4 is 19.5 Å². The second-order valence-electron chi connectivity index (χ2n) is 7.60. The summed E-state index contributed by atoms with van der Waals surface area (Å²) in [7, 11) is -0.329. The molecular formula is C26H37ClLiO7P. The van der Waals surface area contributed by atoms with E-state index in [2.05, 4.69) is 0 Å². The molecule has 0 amide bonds. The van der Waals surface area contributed by atoms with Crippen LogP contribution in [0.4, 0.5) is 0 Å². The van der Waals surface area contributed by atoms with E-state index < -0.39 is 18.9 Å². The third-order valence-corrected chi connectivity index (χ3v) is 6.35. The van der Waals surface area contributed by atoms with Gasteiger partial charge in [0.15, 0.2) is 24.4 Å². The molecule has 2 rings (SSSR count). The summed E-state index contributed by atoms with van der Waals surface area (Å²) in [6.45, 7) is 14.3. The molecule has 7 nitrogen and oxygen atoms in total. The van der Waals surface area contributed by atoms with Crippen LogP contribution in [0.2, 0.25) is 5.02 Å². The van der Waals surface area contributed by atoms with Crippen molar-refractivity contribution in [3.05, 3.63) is 46.5 Å². The van der Waals surface area contributed by atoms with Crippen molar-refractivity contribution in [3.63, 3.8) is 0 Å². The normalized spacial score (nSPS) is 13.7. The second kappa shape index (κ2) is 16.5. The molecular weight excluding hydrogens is 498 g/mol. The Hall–Kier alpha value is -1.29. The van der Waals surface area contributed by atoms with Crippen molar-refractivity contribution in [2.24, 2.45) is 0 Å². The number of carbonyl (C=O) groups is 1. The Kier molecular flexibility index (Phi) is 15.0. The Bertz CT molecular complexity index is 920. The molecule has 0 aliphatic rings. The first-order valence-corrected chi connectivity index (χ1v) is 13.2. The Balaban J connectivity index is 0.00000648. The molecule has 0 aliphatic heterocycles. The van der Waals surface area contributed by atoms with E-state index in [1.807, 2.05) is 39.8 Å². The molecule has 0 spiro atoms. The number of ether oxygens (including phenoxy) is 6. The molecule has 0 N–H and O–H groups in total.